The molecule has 1 unspecified atom stereocenters. The topological polar surface area (TPSA) is 52.0 Å². The van der Waals surface area contributed by atoms with Gasteiger partial charge >= 0.3 is 0 Å². The van der Waals surface area contributed by atoms with E-state index < -0.39 is 0 Å². The van der Waals surface area contributed by atoms with E-state index in [1.54, 1.807) is 0 Å². The van der Waals surface area contributed by atoms with E-state index in [1.807, 2.05) is 43.8 Å². The highest BCUT2D eigenvalue weighted by Gasteiger charge is 2.12. The second-order valence-corrected chi connectivity index (χ2v) is 5.55. The van der Waals surface area contributed by atoms with E-state index in [-0.39, 0.29) is 11.6 Å². The molecule has 0 heterocycles. The van der Waals surface area contributed by atoms with Gasteiger partial charge in [-0.15, -0.1) is 0 Å². The second kappa shape index (κ2) is 5.54. The molecule has 4 N–H and O–H groups in total. The third kappa shape index (κ3) is 5.21. The van der Waals surface area contributed by atoms with E-state index in [4.69, 9.17) is 11.5 Å². The Morgan fingerprint density at radius 2 is 1.87 bits per heavy atom. The largest absolute Gasteiger partial charge is 0.325 e. The van der Waals surface area contributed by atoms with Gasteiger partial charge in [-0.1, -0.05) is 30.3 Å². The number of rotatable bonds is 5. The van der Waals surface area contributed by atoms with E-state index >= 15 is 0 Å². The van der Waals surface area contributed by atoms with Crippen LogP contribution in [0, 0.1) is 0 Å². The van der Waals surface area contributed by atoms with Crippen molar-refractivity contribution in [2.45, 2.75) is 25.4 Å². The summed E-state index contributed by atoms with van der Waals surface area (Å²) in [5.74, 6) is 1.86. The van der Waals surface area contributed by atoms with Gasteiger partial charge in [0.15, 0.2) is 0 Å². The summed E-state index contributed by atoms with van der Waals surface area (Å²) in [6, 6.07) is 10.3. The minimum atomic E-state index is -0.110. The van der Waals surface area contributed by atoms with Crippen molar-refractivity contribution in [2.75, 3.05) is 11.5 Å². The van der Waals surface area contributed by atoms with Crippen LogP contribution in [0.3, 0.4) is 0 Å². The van der Waals surface area contributed by atoms with Crippen molar-refractivity contribution >= 4 is 11.8 Å². The first-order valence-electron chi connectivity index (χ1n) is 5.16. The first-order valence-corrected chi connectivity index (χ1v) is 6.32. The Bertz CT molecular complexity index is 279. The van der Waals surface area contributed by atoms with Gasteiger partial charge in [-0.2, -0.15) is 11.8 Å². The number of benzene rings is 1. The highest BCUT2D eigenvalue weighted by Crippen LogP contribution is 2.18. The average molecular weight is 224 g/mol. The van der Waals surface area contributed by atoms with Crippen molar-refractivity contribution in [1.82, 2.24) is 0 Å². The molecule has 1 aromatic rings. The van der Waals surface area contributed by atoms with Crippen LogP contribution in [0.4, 0.5) is 0 Å². The lowest BCUT2D eigenvalue weighted by molar-refractivity contribution is 0.590. The van der Waals surface area contributed by atoms with Gasteiger partial charge in [0.25, 0.3) is 0 Å². The Morgan fingerprint density at radius 3 is 2.40 bits per heavy atom. The van der Waals surface area contributed by atoms with E-state index in [9.17, 15) is 0 Å². The van der Waals surface area contributed by atoms with Gasteiger partial charge in [-0.3, -0.25) is 0 Å². The van der Waals surface area contributed by atoms with Gasteiger partial charge in [-0.05, 0) is 19.4 Å². The smallest absolute Gasteiger partial charge is 0.0386 e. The standard InChI is InChI=1S/C12H20N2S/c1-12(2,14)9-15-8-11(13)10-6-4-3-5-7-10/h3-7,11H,8-9,13-14H2,1-2H3. The summed E-state index contributed by atoms with van der Waals surface area (Å²) in [5.41, 5.74) is 13.0. The minimum absolute atomic E-state index is 0.110. The van der Waals surface area contributed by atoms with E-state index in [0.717, 1.165) is 11.5 Å². The molecule has 0 amide bonds. The Balaban J connectivity index is 2.34. The fraction of sp³-hybridized carbons (Fsp3) is 0.500. The molecule has 1 rings (SSSR count). The quantitative estimate of drug-likeness (QED) is 0.806. The van der Waals surface area contributed by atoms with Crippen molar-refractivity contribution < 1.29 is 0 Å². The highest BCUT2D eigenvalue weighted by atomic mass is 32.2. The Hall–Kier alpha value is -0.510. The van der Waals surface area contributed by atoms with Gasteiger partial charge in [0.2, 0.25) is 0 Å². The molecule has 0 aromatic heterocycles. The molecule has 0 aliphatic heterocycles. The second-order valence-electron chi connectivity index (χ2n) is 4.52. The normalized spacial score (nSPS) is 13.9. The zero-order valence-electron chi connectivity index (χ0n) is 9.44. The maximum Gasteiger partial charge on any atom is 0.0386 e. The van der Waals surface area contributed by atoms with Crippen LogP contribution in [0.25, 0.3) is 0 Å². The SMILES string of the molecule is CC(C)(N)CSCC(N)c1ccccc1. The average Bonchev–Trinajstić information content (AvgIpc) is 2.17. The Morgan fingerprint density at radius 1 is 1.27 bits per heavy atom. The van der Waals surface area contributed by atoms with Crippen LogP contribution in [0.15, 0.2) is 30.3 Å². The summed E-state index contributed by atoms with van der Waals surface area (Å²) >= 11 is 1.81. The lowest BCUT2D eigenvalue weighted by atomic mass is 10.1. The first kappa shape index (κ1) is 12.6. The van der Waals surface area contributed by atoms with Crippen molar-refractivity contribution in [3.05, 3.63) is 35.9 Å². The molecule has 0 aliphatic carbocycles. The molecule has 3 heteroatoms. The summed E-state index contributed by atoms with van der Waals surface area (Å²) < 4.78 is 0. The number of hydrogen-bond donors (Lipinski definition) is 2. The van der Waals surface area contributed by atoms with Crippen molar-refractivity contribution in [3.8, 4) is 0 Å². The van der Waals surface area contributed by atoms with Gasteiger partial charge < -0.3 is 11.5 Å². The lowest BCUT2D eigenvalue weighted by Crippen LogP contribution is -2.35. The minimum Gasteiger partial charge on any atom is -0.325 e. The molecule has 0 bridgehead atoms. The molecule has 0 aliphatic rings. The van der Waals surface area contributed by atoms with Crippen LogP contribution in [0.1, 0.15) is 25.5 Å². The van der Waals surface area contributed by atoms with Crippen molar-refractivity contribution in [2.24, 2.45) is 11.5 Å². The third-order valence-electron chi connectivity index (χ3n) is 2.00. The summed E-state index contributed by atoms with van der Waals surface area (Å²) in [7, 11) is 0. The molecule has 0 radical (unpaired) electrons. The van der Waals surface area contributed by atoms with E-state index in [2.05, 4.69) is 12.1 Å². The van der Waals surface area contributed by atoms with Gasteiger partial charge in [0, 0.05) is 23.1 Å². The molecule has 1 atom stereocenters. The van der Waals surface area contributed by atoms with Crippen LogP contribution in [-0.4, -0.2) is 17.0 Å². The molecule has 15 heavy (non-hydrogen) atoms. The summed E-state index contributed by atoms with van der Waals surface area (Å²) in [5, 5.41) is 0. The lowest BCUT2D eigenvalue weighted by Gasteiger charge is -2.19. The monoisotopic (exact) mass is 224 g/mol. The maximum atomic E-state index is 6.06. The molecule has 0 saturated heterocycles. The zero-order valence-corrected chi connectivity index (χ0v) is 10.3. The fourth-order valence-corrected chi connectivity index (χ4v) is 2.34. The number of nitrogens with two attached hydrogens (primary N) is 2. The van der Waals surface area contributed by atoms with Crippen LogP contribution in [0.5, 0.6) is 0 Å². The first-order chi connectivity index (χ1) is 6.99. The van der Waals surface area contributed by atoms with E-state index in [0.29, 0.717) is 0 Å². The maximum absolute atomic E-state index is 6.06. The van der Waals surface area contributed by atoms with Crippen LogP contribution >= 0.6 is 11.8 Å². The third-order valence-corrected chi connectivity index (χ3v) is 3.54. The highest BCUT2D eigenvalue weighted by molar-refractivity contribution is 7.99. The molecule has 84 valence electrons. The van der Waals surface area contributed by atoms with Crippen LogP contribution < -0.4 is 11.5 Å². The zero-order chi connectivity index (χ0) is 11.3. The summed E-state index contributed by atoms with van der Waals surface area (Å²) in [6.07, 6.45) is 0. The molecule has 0 fully saturated rings. The molecule has 2 nitrogen and oxygen atoms in total. The predicted octanol–water partition coefficient (Wildman–Crippen LogP) is 2.16. The van der Waals surface area contributed by atoms with Gasteiger partial charge in [0.05, 0.1) is 0 Å². The number of hydrogen-bond acceptors (Lipinski definition) is 3. The van der Waals surface area contributed by atoms with Gasteiger partial charge in [-0.25, -0.2) is 0 Å². The van der Waals surface area contributed by atoms with Crippen molar-refractivity contribution in [3.63, 3.8) is 0 Å². The molecule has 0 spiro atoms. The summed E-state index contributed by atoms with van der Waals surface area (Å²) in [4.78, 5) is 0. The Labute approximate surface area is 96.4 Å². The Kier molecular flexibility index (Phi) is 4.64. The molecule has 1 aromatic carbocycles. The fourth-order valence-electron chi connectivity index (χ4n) is 1.25. The molecular weight excluding hydrogens is 204 g/mol. The predicted molar refractivity (Wildman–Crippen MR) is 69.0 cm³/mol. The van der Waals surface area contributed by atoms with Crippen LogP contribution in [0.2, 0.25) is 0 Å². The van der Waals surface area contributed by atoms with Crippen LogP contribution in [-0.2, 0) is 0 Å². The molecule has 0 saturated carbocycles. The van der Waals surface area contributed by atoms with Gasteiger partial charge in [0.1, 0.15) is 0 Å². The van der Waals surface area contributed by atoms with Crippen molar-refractivity contribution in [1.29, 1.82) is 0 Å². The summed E-state index contributed by atoms with van der Waals surface area (Å²) in [6.45, 7) is 4.07. The number of thioether (sulfide) groups is 1. The van der Waals surface area contributed by atoms with E-state index in [1.165, 1.54) is 5.56 Å². The molecular formula is C12H20N2S.